The van der Waals surface area contributed by atoms with Gasteiger partial charge in [0.05, 0.1) is 6.26 Å². The van der Waals surface area contributed by atoms with Crippen molar-refractivity contribution in [1.82, 2.24) is 10.1 Å². The van der Waals surface area contributed by atoms with Crippen molar-refractivity contribution in [1.29, 1.82) is 0 Å². The Bertz CT molecular complexity index is 680. The molecule has 24 heavy (non-hydrogen) atoms. The number of amides is 2. The van der Waals surface area contributed by atoms with Crippen molar-refractivity contribution in [3.8, 4) is 0 Å². The molecule has 7 heteroatoms. The predicted molar refractivity (Wildman–Crippen MR) is 87.6 cm³/mol. The first-order valence-corrected chi connectivity index (χ1v) is 8.34. The van der Waals surface area contributed by atoms with Crippen LogP contribution in [0.1, 0.15) is 49.5 Å². The number of urea groups is 1. The van der Waals surface area contributed by atoms with Crippen molar-refractivity contribution in [3.05, 3.63) is 35.6 Å². The van der Waals surface area contributed by atoms with Crippen molar-refractivity contribution in [2.75, 3.05) is 11.9 Å². The number of furan rings is 1. The highest BCUT2D eigenvalue weighted by atomic mass is 16.5. The highest BCUT2D eigenvalue weighted by molar-refractivity contribution is 5.90. The van der Waals surface area contributed by atoms with Crippen LogP contribution in [0, 0.1) is 6.92 Å². The summed E-state index contributed by atoms with van der Waals surface area (Å²) >= 11 is 0. The van der Waals surface area contributed by atoms with Gasteiger partial charge in [0.2, 0.25) is 0 Å². The lowest BCUT2D eigenvalue weighted by molar-refractivity contribution is 0.110. The molecule has 1 aliphatic heterocycles. The van der Waals surface area contributed by atoms with E-state index in [1.807, 2.05) is 6.92 Å². The third-order valence-electron chi connectivity index (χ3n) is 4.51. The van der Waals surface area contributed by atoms with E-state index >= 15 is 0 Å². The molecule has 2 amide bonds. The molecular weight excluding hydrogens is 310 g/mol. The number of rotatable bonds is 5. The number of carbonyl (C=O) groups is 1. The van der Waals surface area contributed by atoms with Crippen LogP contribution in [0.15, 0.2) is 27.3 Å². The lowest BCUT2D eigenvalue weighted by Gasteiger charge is -2.26. The molecule has 0 saturated carbocycles. The Labute approximate surface area is 140 Å². The molecule has 130 valence electrons. The van der Waals surface area contributed by atoms with Gasteiger partial charge in [-0.3, -0.25) is 0 Å². The number of hydrogen-bond acceptors (Lipinski definition) is 5. The first-order valence-electron chi connectivity index (χ1n) is 8.34. The third kappa shape index (κ3) is 3.31. The second-order valence-corrected chi connectivity index (χ2v) is 6.10. The summed E-state index contributed by atoms with van der Waals surface area (Å²) in [6.07, 6.45) is 3.78. The molecule has 2 unspecified atom stereocenters. The molecular formula is C17H23N3O4. The lowest BCUT2D eigenvalue weighted by Crippen LogP contribution is -2.39. The molecule has 2 aromatic heterocycles. The van der Waals surface area contributed by atoms with Gasteiger partial charge in [0.1, 0.15) is 23.2 Å². The molecule has 3 heterocycles. The Hall–Kier alpha value is -2.28. The molecule has 1 aliphatic rings. The highest BCUT2D eigenvalue weighted by Gasteiger charge is 2.32. The zero-order valence-electron chi connectivity index (χ0n) is 14.0. The first kappa shape index (κ1) is 16.6. The predicted octanol–water partition coefficient (Wildman–Crippen LogP) is 3.26. The summed E-state index contributed by atoms with van der Waals surface area (Å²) in [5, 5.41) is 17.1. The van der Waals surface area contributed by atoms with Crippen LogP contribution < -0.4 is 5.32 Å². The van der Waals surface area contributed by atoms with Gasteiger partial charge < -0.3 is 24.3 Å². The van der Waals surface area contributed by atoms with E-state index in [0.29, 0.717) is 36.6 Å². The van der Waals surface area contributed by atoms with Gasteiger partial charge in [-0.25, -0.2) is 4.79 Å². The van der Waals surface area contributed by atoms with Crippen LogP contribution in [0.3, 0.4) is 0 Å². The largest absolute Gasteiger partial charge is 0.467 e. The summed E-state index contributed by atoms with van der Waals surface area (Å²) in [4.78, 5) is 14.4. The zero-order valence-corrected chi connectivity index (χ0v) is 14.0. The summed E-state index contributed by atoms with van der Waals surface area (Å²) in [6, 6.07) is 3.30. The van der Waals surface area contributed by atoms with Crippen molar-refractivity contribution in [3.63, 3.8) is 0 Å². The number of aliphatic hydroxyl groups is 1. The Morgan fingerprint density at radius 1 is 1.58 bits per heavy atom. The molecule has 0 spiro atoms. The maximum absolute atomic E-state index is 12.7. The number of aromatic nitrogens is 1. The number of hydrogen-bond donors (Lipinski definition) is 2. The second-order valence-electron chi connectivity index (χ2n) is 6.10. The van der Waals surface area contributed by atoms with E-state index in [-0.39, 0.29) is 12.1 Å². The molecule has 7 nitrogen and oxygen atoms in total. The van der Waals surface area contributed by atoms with Crippen molar-refractivity contribution < 1.29 is 18.8 Å². The lowest BCUT2D eigenvalue weighted by atomic mass is 10.1. The topological polar surface area (TPSA) is 91.7 Å². The monoisotopic (exact) mass is 333 g/mol. The highest BCUT2D eigenvalue weighted by Crippen LogP contribution is 2.29. The maximum Gasteiger partial charge on any atom is 0.322 e. The van der Waals surface area contributed by atoms with E-state index in [1.54, 1.807) is 30.2 Å². The zero-order chi connectivity index (χ0) is 17.1. The number of likely N-dealkylation sites (tertiary alicyclic amines) is 1. The molecule has 0 aromatic carbocycles. The Kier molecular flexibility index (Phi) is 4.89. The number of aryl methyl sites for hydroxylation is 2. The third-order valence-corrected chi connectivity index (χ3v) is 4.51. The first-order chi connectivity index (χ1) is 11.6. The van der Waals surface area contributed by atoms with Crippen molar-refractivity contribution >= 4 is 11.7 Å². The van der Waals surface area contributed by atoms with E-state index in [1.165, 1.54) is 0 Å². The number of nitrogens with one attached hydrogen (secondary N) is 1. The summed E-state index contributed by atoms with van der Waals surface area (Å²) in [5.41, 5.74) is 1.40. The molecule has 3 rings (SSSR count). The fraction of sp³-hybridized carbons (Fsp3) is 0.529. The Balaban J connectivity index is 1.66. The van der Waals surface area contributed by atoms with Crippen molar-refractivity contribution in [2.24, 2.45) is 0 Å². The number of anilines is 1. The summed E-state index contributed by atoms with van der Waals surface area (Å²) < 4.78 is 10.4. The molecule has 1 fully saturated rings. The van der Waals surface area contributed by atoms with Crippen LogP contribution >= 0.6 is 0 Å². The van der Waals surface area contributed by atoms with Gasteiger partial charge in [0, 0.05) is 19.0 Å². The van der Waals surface area contributed by atoms with Gasteiger partial charge in [0.25, 0.3) is 0 Å². The molecule has 0 bridgehead atoms. The van der Waals surface area contributed by atoms with E-state index < -0.39 is 6.10 Å². The van der Waals surface area contributed by atoms with Gasteiger partial charge in [-0.05, 0) is 38.3 Å². The normalized spacial score (nSPS) is 18.8. The second kappa shape index (κ2) is 7.09. The maximum atomic E-state index is 12.7. The fourth-order valence-corrected chi connectivity index (χ4v) is 3.20. The quantitative estimate of drug-likeness (QED) is 0.876. The number of aliphatic hydroxyl groups excluding tert-OH is 1. The van der Waals surface area contributed by atoms with Crippen LogP contribution in [0.2, 0.25) is 0 Å². The van der Waals surface area contributed by atoms with E-state index in [4.69, 9.17) is 8.94 Å². The van der Waals surface area contributed by atoms with Gasteiger partial charge in [0.15, 0.2) is 5.76 Å². The average molecular weight is 333 g/mol. The summed E-state index contributed by atoms with van der Waals surface area (Å²) in [7, 11) is 0. The minimum Gasteiger partial charge on any atom is -0.467 e. The SMILES string of the molecule is CCc1noc(C)c1NC(=O)N1CCCC1CC(O)c1ccco1. The molecule has 1 saturated heterocycles. The van der Waals surface area contributed by atoms with E-state index in [0.717, 1.165) is 18.5 Å². The van der Waals surface area contributed by atoms with Gasteiger partial charge in [-0.1, -0.05) is 12.1 Å². The van der Waals surface area contributed by atoms with Crippen LogP contribution in [0.4, 0.5) is 10.5 Å². The van der Waals surface area contributed by atoms with Gasteiger partial charge in [-0.15, -0.1) is 0 Å². The molecule has 2 aromatic rings. The number of carbonyl (C=O) groups excluding carboxylic acids is 1. The molecule has 2 N–H and O–H groups in total. The standard InChI is InChI=1S/C17H23N3O4/c1-3-13-16(11(2)24-19-13)18-17(22)20-8-4-6-12(20)10-14(21)15-7-5-9-23-15/h5,7,9,12,14,21H,3-4,6,8,10H2,1-2H3,(H,18,22). The van der Waals surface area contributed by atoms with Crippen LogP contribution in [0.5, 0.6) is 0 Å². The Morgan fingerprint density at radius 2 is 2.42 bits per heavy atom. The van der Waals surface area contributed by atoms with Crippen LogP contribution in [-0.4, -0.2) is 33.8 Å². The van der Waals surface area contributed by atoms with Gasteiger partial charge in [-0.2, -0.15) is 0 Å². The van der Waals surface area contributed by atoms with Crippen LogP contribution in [0.25, 0.3) is 0 Å². The fourth-order valence-electron chi connectivity index (χ4n) is 3.20. The average Bonchev–Trinajstić information content (AvgIpc) is 3.29. The molecule has 0 radical (unpaired) electrons. The number of nitrogens with zero attached hydrogens (tertiary/aromatic N) is 2. The Morgan fingerprint density at radius 3 is 3.12 bits per heavy atom. The van der Waals surface area contributed by atoms with Gasteiger partial charge >= 0.3 is 6.03 Å². The summed E-state index contributed by atoms with van der Waals surface area (Å²) in [5.74, 6) is 1.14. The molecule has 0 aliphatic carbocycles. The molecule has 2 atom stereocenters. The van der Waals surface area contributed by atoms with Crippen LogP contribution in [-0.2, 0) is 6.42 Å². The minimum absolute atomic E-state index is 0.0182. The minimum atomic E-state index is -0.707. The van der Waals surface area contributed by atoms with E-state index in [9.17, 15) is 9.90 Å². The smallest absolute Gasteiger partial charge is 0.322 e. The summed E-state index contributed by atoms with van der Waals surface area (Å²) in [6.45, 7) is 4.42. The van der Waals surface area contributed by atoms with E-state index in [2.05, 4.69) is 10.5 Å². The van der Waals surface area contributed by atoms with Crippen molar-refractivity contribution in [2.45, 2.75) is 51.7 Å².